The van der Waals surface area contributed by atoms with Crippen molar-refractivity contribution in [2.75, 3.05) is 66.9 Å². The zero-order valence-electron chi connectivity index (χ0n) is 53.3. The van der Waals surface area contributed by atoms with E-state index in [4.69, 9.17) is 18.9 Å². The zero-order chi connectivity index (χ0) is 65.2. The van der Waals surface area contributed by atoms with Crippen molar-refractivity contribution in [1.29, 1.82) is 0 Å². The number of ketones is 1. The van der Waals surface area contributed by atoms with E-state index in [2.05, 4.69) is 10.6 Å². The Labute approximate surface area is 527 Å². The maximum Gasteiger partial charge on any atom is 0.330 e. The highest BCUT2D eigenvalue weighted by atomic mass is 16.5. The van der Waals surface area contributed by atoms with Crippen LogP contribution in [0.25, 0.3) is 0 Å². The smallest absolute Gasteiger partial charge is 0.330 e. The first kappa shape index (κ1) is 68.6. The minimum absolute atomic E-state index is 0.0265. The molecule has 2 saturated heterocycles. The van der Waals surface area contributed by atoms with Crippen molar-refractivity contribution in [2.24, 2.45) is 11.3 Å². The molecule has 3 aliphatic heterocycles. The van der Waals surface area contributed by atoms with Crippen LogP contribution in [0.3, 0.4) is 0 Å². The highest BCUT2D eigenvalue weighted by Gasteiger charge is 2.45. The largest absolute Gasteiger partial charge is 0.493 e. The van der Waals surface area contributed by atoms with E-state index < -0.39 is 101 Å². The normalized spacial score (nSPS) is 23.3. The van der Waals surface area contributed by atoms with Crippen LogP contribution < -0.4 is 20.1 Å². The van der Waals surface area contributed by atoms with Crippen molar-refractivity contribution in [3.05, 3.63) is 138 Å². The molecule has 2 bridgehead atoms. The van der Waals surface area contributed by atoms with Crippen LogP contribution in [-0.4, -0.2) is 169 Å². The van der Waals surface area contributed by atoms with Gasteiger partial charge in [-0.25, -0.2) is 9.59 Å². The third-order valence-corrected chi connectivity index (χ3v) is 16.9. The Morgan fingerprint density at radius 3 is 1.99 bits per heavy atom. The van der Waals surface area contributed by atoms with Crippen LogP contribution in [0.1, 0.15) is 126 Å². The highest BCUT2D eigenvalue weighted by molar-refractivity contribution is 6.38. The molecule has 0 saturated carbocycles. The first-order chi connectivity index (χ1) is 43.0. The fourth-order valence-corrected chi connectivity index (χ4v) is 11.6. The van der Waals surface area contributed by atoms with Crippen LogP contribution in [0.4, 0.5) is 5.69 Å². The van der Waals surface area contributed by atoms with Crippen LogP contribution in [0, 0.1) is 11.3 Å². The predicted molar refractivity (Wildman–Crippen MR) is 336 cm³/mol. The summed E-state index contributed by atoms with van der Waals surface area (Å²) in [7, 11) is 7.70. The Balaban J connectivity index is 1.20. The first-order valence-corrected chi connectivity index (χ1v) is 31.0. The second-order valence-corrected chi connectivity index (χ2v) is 24.5. The summed E-state index contributed by atoms with van der Waals surface area (Å²) in [6.45, 7) is 6.82. The summed E-state index contributed by atoms with van der Waals surface area (Å²) >= 11 is 0. The molecule has 90 heavy (non-hydrogen) atoms. The number of piperidine rings is 1. The number of hydrogen-bond acceptors (Lipinski definition) is 14. The third-order valence-electron chi connectivity index (χ3n) is 16.9. The molecule has 21 heteroatoms. The van der Waals surface area contributed by atoms with Crippen LogP contribution in [0.15, 0.2) is 115 Å². The quantitative estimate of drug-likeness (QED) is 0.116. The number of likely N-dealkylation sites (N-methyl/N-ethyl adjacent to an activating group) is 3. The lowest BCUT2D eigenvalue weighted by Gasteiger charge is -2.37. The summed E-state index contributed by atoms with van der Waals surface area (Å²) in [4.78, 5) is 150. The van der Waals surface area contributed by atoms with Crippen molar-refractivity contribution in [3.8, 4) is 11.5 Å². The Morgan fingerprint density at radius 2 is 1.29 bits per heavy atom. The summed E-state index contributed by atoms with van der Waals surface area (Å²) in [5, 5.41) is 5.70. The summed E-state index contributed by atoms with van der Waals surface area (Å²) in [5.41, 5.74) is 1.30. The number of rotatable bonds is 10. The lowest BCUT2D eigenvalue weighted by molar-refractivity contribution is -0.165. The number of aryl methyl sites for hydroxylation is 1. The Hall–Kier alpha value is -8.88. The number of carbonyl (C=O) groups excluding carboxylic acids is 10. The summed E-state index contributed by atoms with van der Waals surface area (Å²) in [6.07, 6.45) is 4.37. The number of anilines is 1. The molecule has 0 spiro atoms. The highest BCUT2D eigenvalue weighted by Crippen LogP contribution is 2.34. The van der Waals surface area contributed by atoms with Gasteiger partial charge in [-0.1, -0.05) is 98.8 Å². The van der Waals surface area contributed by atoms with Crippen LogP contribution >= 0.6 is 0 Å². The van der Waals surface area contributed by atoms with E-state index in [9.17, 15) is 38.4 Å². The minimum Gasteiger partial charge on any atom is -0.493 e. The molecule has 2 N–H and O–H groups in total. The molecule has 2 fully saturated rings. The predicted octanol–water partition coefficient (Wildman–Crippen LogP) is 7.37. The third kappa shape index (κ3) is 17.9. The average Bonchev–Trinajstić information content (AvgIpc) is 1.52. The zero-order valence-corrected chi connectivity index (χ0v) is 53.3. The number of fused-ring (bicyclic) bond motifs is 4. The van der Waals surface area contributed by atoms with Gasteiger partial charge in [0.05, 0.1) is 19.6 Å². The van der Waals surface area contributed by atoms with Gasteiger partial charge in [-0.05, 0) is 124 Å². The van der Waals surface area contributed by atoms with Gasteiger partial charge in [0.25, 0.3) is 5.91 Å². The number of amides is 7. The van der Waals surface area contributed by atoms with Gasteiger partial charge in [-0.2, -0.15) is 0 Å². The molecule has 7 rings (SSSR count). The first-order valence-electron chi connectivity index (χ1n) is 31.0. The molecule has 1 unspecified atom stereocenters. The second-order valence-electron chi connectivity index (χ2n) is 24.5. The van der Waals surface area contributed by atoms with Crippen LogP contribution in [0.5, 0.6) is 11.5 Å². The number of esters is 2. The Bertz CT molecular complexity index is 3240. The van der Waals surface area contributed by atoms with E-state index in [-0.39, 0.29) is 70.0 Å². The van der Waals surface area contributed by atoms with E-state index in [1.807, 2.05) is 56.3 Å². The molecule has 482 valence electrons. The molecule has 21 nitrogen and oxygen atoms in total. The van der Waals surface area contributed by atoms with Crippen molar-refractivity contribution in [2.45, 2.75) is 141 Å². The molecular formula is C69H87N7O14. The second kappa shape index (κ2) is 32.0. The van der Waals surface area contributed by atoms with Gasteiger partial charge < -0.3 is 54.1 Å². The van der Waals surface area contributed by atoms with E-state index in [0.29, 0.717) is 66.8 Å². The van der Waals surface area contributed by atoms with Crippen molar-refractivity contribution in [1.82, 2.24) is 29.8 Å². The standard InChI is InChI=1S/C69H87N7O14/c1-45(2)40-53-63(81)72(5)37-18-17-30-60(79)89-44-69(3,4)62(80)67(85)76-38-19-16-28-52(76)68(86)90-55(33-31-47-32-34-56(87-8)57(42-47)88-9)49-26-20-27-50(43-49)70-58(77)35-36-59(78)71-61(48-24-14-11-15-25-48)66(84)74(7)54(41-46-22-12-10-13-23-46)65(83)75-39-21-29-51(75)64(82)73(53)6/h10-15,17,20,22-27,30,32,34,42-43,45,51-55,61H,16,18-19,21,28-29,31,33,35-41,44H2,1-9H3,(H,70,77)(H,71,78)/b30-17+/t51-,52?,53+,54+,55-,61+/m1/s1. The van der Waals surface area contributed by atoms with E-state index >= 15 is 9.59 Å². The number of carbonyl (C=O) groups is 10. The maximum absolute atomic E-state index is 15.2. The van der Waals surface area contributed by atoms with Gasteiger partial charge in [0.1, 0.15) is 42.9 Å². The fourth-order valence-electron chi connectivity index (χ4n) is 11.6. The van der Waals surface area contributed by atoms with Crippen LogP contribution in [-0.2, 0) is 70.3 Å². The van der Waals surface area contributed by atoms with Gasteiger partial charge in [-0.3, -0.25) is 38.4 Å². The lowest BCUT2D eigenvalue weighted by Crippen LogP contribution is -2.58. The number of nitrogens with zero attached hydrogens (tertiary/aromatic N) is 5. The van der Waals surface area contributed by atoms with Gasteiger partial charge in [0, 0.05) is 71.8 Å². The van der Waals surface area contributed by atoms with Crippen LogP contribution in [0.2, 0.25) is 0 Å². The van der Waals surface area contributed by atoms with E-state index in [1.165, 1.54) is 71.8 Å². The molecule has 6 atom stereocenters. The molecule has 4 aromatic rings. The summed E-state index contributed by atoms with van der Waals surface area (Å²) < 4.78 is 22.9. The summed E-state index contributed by atoms with van der Waals surface area (Å²) in [5.74, 6) is -5.41. The molecular weight excluding hydrogens is 1150 g/mol. The SMILES string of the molecule is COc1ccc(CC[C@H]2OC(=O)C3CCCCN3C(=O)C(=O)C(C)(C)COC(=O)/C=C/CCN(C)C(=O)[C@H](CC(C)C)N(C)C(=O)[C@H]3CCCN3C(=O)[C@H](Cc3ccccc3)N(C)C(=O)[C@H](c3ccccc3)NC(=O)CCC(=O)Nc3cccc2c3)cc1OC. The number of hydrogen-bond donors (Lipinski definition) is 2. The topological polar surface area (TPSA) is 248 Å². The number of cyclic esters (lactones) is 2. The Kier molecular flexibility index (Phi) is 24.4. The molecule has 0 aromatic heterocycles. The van der Waals surface area contributed by atoms with Crippen molar-refractivity contribution < 1.29 is 66.9 Å². The molecule has 3 aliphatic rings. The number of nitrogens with one attached hydrogen (secondary N) is 2. The van der Waals surface area contributed by atoms with Gasteiger partial charge in [0.2, 0.25) is 41.2 Å². The van der Waals surface area contributed by atoms with E-state index in [1.54, 1.807) is 74.8 Å². The molecule has 0 radical (unpaired) electrons. The van der Waals surface area contributed by atoms with Crippen molar-refractivity contribution >= 4 is 64.8 Å². The molecule has 3 heterocycles. The molecule has 4 aromatic carbocycles. The number of ether oxygens (including phenoxy) is 4. The van der Waals surface area contributed by atoms with E-state index in [0.717, 1.165) is 11.1 Å². The molecule has 7 amide bonds. The number of methoxy groups -OCH3 is 2. The monoisotopic (exact) mass is 1240 g/mol. The number of Topliss-reactive ketones (excluding diaryl/α,β-unsaturated/α-hetero) is 1. The Morgan fingerprint density at radius 1 is 0.633 bits per heavy atom. The molecule has 0 aliphatic carbocycles. The van der Waals surface area contributed by atoms with Gasteiger partial charge in [-0.15, -0.1) is 0 Å². The number of benzene rings is 4. The minimum atomic E-state index is -1.51. The summed E-state index contributed by atoms with van der Waals surface area (Å²) in [6, 6.07) is 24.4. The van der Waals surface area contributed by atoms with Crippen molar-refractivity contribution in [3.63, 3.8) is 0 Å². The lowest BCUT2D eigenvalue weighted by atomic mass is 9.87. The average molecular weight is 1240 g/mol. The maximum atomic E-state index is 15.2. The van der Waals surface area contributed by atoms with Gasteiger partial charge in [0.15, 0.2) is 11.5 Å². The van der Waals surface area contributed by atoms with Gasteiger partial charge >= 0.3 is 11.9 Å². The fraction of sp³-hybridized carbons (Fsp3) is 0.478.